The topological polar surface area (TPSA) is 63.1 Å². The minimum Gasteiger partial charge on any atom is -0.339 e. The maximum atomic E-state index is 13.5. The number of carbonyl (C=O) groups is 1. The summed E-state index contributed by atoms with van der Waals surface area (Å²) < 4.78 is 1.80. The summed E-state index contributed by atoms with van der Waals surface area (Å²) >= 11 is 0. The smallest absolute Gasteiger partial charge is 0.257 e. The van der Waals surface area contributed by atoms with Crippen molar-refractivity contribution in [1.29, 1.82) is 0 Å². The number of hydrogen-bond donors (Lipinski definition) is 1. The zero-order valence-corrected chi connectivity index (χ0v) is 16.4. The van der Waals surface area contributed by atoms with E-state index < -0.39 is 0 Å². The molecule has 2 aliphatic heterocycles. The number of nitrogens with one attached hydrogen (secondary N) is 1. The van der Waals surface area contributed by atoms with Crippen LogP contribution >= 0.6 is 0 Å². The lowest BCUT2D eigenvalue weighted by Crippen LogP contribution is -2.32. The van der Waals surface area contributed by atoms with E-state index in [4.69, 9.17) is 5.10 Å². The SMILES string of the molecule is O=C(c1cn(-c2ccccc2)nc1-c1cccnc1)N1CC[C@@H]2CNC[C@@H]2CC1. The first-order valence-electron chi connectivity index (χ1n) is 10.3. The Balaban J connectivity index is 1.49. The molecule has 2 aromatic heterocycles. The van der Waals surface area contributed by atoms with Crippen molar-refractivity contribution < 1.29 is 4.79 Å². The average Bonchev–Trinajstić information content (AvgIpc) is 3.37. The van der Waals surface area contributed by atoms with Gasteiger partial charge in [0, 0.05) is 37.2 Å². The summed E-state index contributed by atoms with van der Waals surface area (Å²) in [7, 11) is 0. The van der Waals surface area contributed by atoms with Gasteiger partial charge in [0.25, 0.3) is 5.91 Å². The zero-order chi connectivity index (χ0) is 19.6. The van der Waals surface area contributed by atoms with Crippen molar-refractivity contribution in [1.82, 2.24) is 25.0 Å². The van der Waals surface area contributed by atoms with Crippen LogP contribution in [0.5, 0.6) is 0 Å². The summed E-state index contributed by atoms with van der Waals surface area (Å²) in [6.07, 6.45) is 7.51. The maximum Gasteiger partial charge on any atom is 0.257 e. The van der Waals surface area contributed by atoms with Gasteiger partial charge in [-0.1, -0.05) is 18.2 Å². The molecule has 148 valence electrons. The fraction of sp³-hybridized carbons (Fsp3) is 0.348. The minimum atomic E-state index is 0.0685. The molecule has 3 aromatic rings. The van der Waals surface area contributed by atoms with Crippen LogP contribution in [0.15, 0.2) is 61.1 Å². The molecule has 2 fully saturated rings. The number of nitrogens with zero attached hydrogens (tertiary/aromatic N) is 4. The molecule has 4 heterocycles. The molecular formula is C23H25N5O. The molecule has 6 nitrogen and oxygen atoms in total. The summed E-state index contributed by atoms with van der Waals surface area (Å²) in [6.45, 7) is 3.79. The number of carbonyl (C=O) groups excluding carboxylic acids is 1. The van der Waals surface area contributed by atoms with E-state index in [0.29, 0.717) is 23.1 Å². The molecule has 0 radical (unpaired) electrons. The van der Waals surface area contributed by atoms with E-state index in [1.807, 2.05) is 53.6 Å². The molecule has 0 bridgehead atoms. The Kier molecular flexibility index (Phi) is 4.86. The number of para-hydroxylation sites is 1. The molecule has 2 atom stereocenters. The molecule has 1 amide bonds. The van der Waals surface area contributed by atoms with Gasteiger partial charge in [-0.2, -0.15) is 5.10 Å². The highest BCUT2D eigenvalue weighted by Gasteiger charge is 2.32. The zero-order valence-electron chi connectivity index (χ0n) is 16.4. The Morgan fingerprint density at radius 3 is 2.45 bits per heavy atom. The van der Waals surface area contributed by atoms with Crippen LogP contribution < -0.4 is 5.32 Å². The lowest BCUT2D eigenvalue weighted by Gasteiger charge is -2.20. The van der Waals surface area contributed by atoms with E-state index in [9.17, 15) is 4.79 Å². The number of benzene rings is 1. The van der Waals surface area contributed by atoms with E-state index in [1.165, 1.54) is 0 Å². The van der Waals surface area contributed by atoms with Crippen molar-refractivity contribution in [3.8, 4) is 16.9 Å². The van der Waals surface area contributed by atoms with Gasteiger partial charge in [0.15, 0.2) is 0 Å². The number of rotatable bonds is 3. The van der Waals surface area contributed by atoms with Gasteiger partial charge in [0.2, 0.25) is 0 Å². The summed E-state index contributed by atoms with van der Waals surface area (Å²) in [5, 5.41) is 8.26. The average molecular weight is 387 g/mol. The van der Waals surface area contributed by atoms with Crippen molar-refractivity contribution in [3.63, 3.8) is 0 Å². The first-order chi connectivity index (χ1) is 14.3. The minimum absolute atomic E-state index is 0.0685. The van der Waals surface area contributed by atoms with E-state index >= 15 is 0 Å². The number of likely N-dealkylation sites (tertiary alicyclic amines) is 1. The van der Waals surface area contributed by atoms with Gasteiger partial charge in [-0.05, 0) is 62.0 Å². The van der Waals surface area contributed by atoms with Gasteiger partial charge in [0.05, 0.1) is 11.3 Å². The van der Waals surface area contributed by atoms with Crippen molar-refractivity contribution in [2.45, 2.75) is 12.8 Å². The quantitative estimate of drug-likeness (QED) is 0.750. The van der Waals surface area contributed by atoms with Gasteiger partial charge in [-0.15, -0.1) is 0 Å². The number of pyridine rings is 1. The molecule has 2 aliphatic rings. The van der Waals surface area contributed by atoms with Crippen LogP contribution in [0.3, 0.4) is 0 Å². The molecule has 0 saturated carbocycles. The first-order valence-corrected chi connectivity index (χ1v) is 10.3. The third-order valence-corrected chi connectivity index (χ3v) is 6.21. The van der Waals surface area contributed by atoms with Gasteiger partial charge >= 0.3 is 0 Å². The number of amides is 1. The van der Waals surface area contributed by atoms with E-state index in [-0.39, 0.29) is 5.91 Å². The second kappa shape index (κ2) is 7.79. The van der Waals surface area contributed by atoms with Gasteiger partial charge in [0.1, 0.15) is 5.69 Å². The Hall–Kier alpha value is -2.99. The second-order valence-corrected chi connectivity index (χ2v) is 7.96. The fourth-order valence-electron chi connectivity index (χ4n) is 4.55. The summed E-state index contributed by atoms with van der Waals surface area (Å²) in [6, 6.07) is 13.8. The van der Waals surface area contributed by atoms with Gasteiger partial charge < -0.3 is 10.2 Å². The standard InChI is InChI=1S/C23H25N5O/c29-23(27-11-8-17-13-25-14-18(17)9-12-27)21-16-28(20-6-2-1-3-7-20)26-22(21)19-5-4-10-24-15-19/h1-7,10,15-18,25H,8-9,11-14H2/t17-,18+. The van der Waals surface area contributed by atoms with E-state index in [1.54, 1.807) is 17.1 Å². The lowest BCUT2D eigenvalue weighted by molar-refractivity contribution is 0.0759. The largest absolute Gasteiger partial charge is 0.339 e. The van der Waals surface area contributed by atoms with Crippen LogP contribution in [0.25, 0.3) is 16.9 Å². The van der Waals surface area contributed by atoms with Crippen LogP contribution in [0, 0.1) is 11.8 Å². The summed E-state index contributed by atoms with van der Waals surface area (Å²) in [4.78, 5) is 19.8. The fourth-order valence-corrected chi connectivity index (χ4v) is 4.55. The third kappa shape index (κ3) is 3.56. The molecule has 1 aromatic carbocycles. The third-order valence-electron chi connectivity index (χ3n) is 6.21. The normalized spacial score (nSPS) is 21.6. The summed E-state index contributed by atoms with van der Waals surface area (Å²) in [5.74, 6) is 1.45. The van der Waals surface area contributed by atoms with Crippen molar-refractivity contribution in [3.05, 3.63) is 66.6 Å². The summed E-state index contributed by atoms with van der Waals surface area (Å²) in [5.41, 5.74) is 3.14. The van der Waals surface area contributed by atoms with Crippen molar-refractivity contribution in [2.24, 2.45) is 11.8 Å². The molecule has 1 N–H and O–H groups in total. The highest BCUT2D eigenvalue weighted by Crippen LogP contribution is 2.29. The Bertz CT molecular complexity index is 971. The molecule has 0 aliphatic carbocycles. The van der Waals surface area contributed by atoms with Crippen LogP contribution in [0.2, 0.25) is 0 Å². The Morgan fingerprint density at radius 1 is 1.00 bits per heavy atom. The molecule has 5 rings (SSSR count). The highest BCUT2D eigenvalue weighted by atomic mass is 16.2. The van der Waals surface area contributed by atoms with E-state index in [0.717, 1.165) is 50.3 Å². The van der Waals surface area contributed by atoms with Crippen molar-refractivity contribution >= 4 is 5.91 Å². The maximum absolute atomic E-state index is 13.5. The van der Waals surface area contributed by atoms with Gasteiger partial charge in [-0.25, -0.2) is 4.68 Å². The molecule has 29 heavy (non-hydrogen) atoms. The number of aromatic nitrogens is 3. The Labute approximate surface area is 170 Å². The molecule has 6 heteroatoms. The predicted molar refractivity (Wildman–Crippen MR) is 112 cm³/mol. The van der Waals surface area contributed by atoms with Crippen molar-refractivity contribution in [2.75, 3.05) is 26.2 Å². The van der Waals surface area contributed by atoms with Crippen LogP contribution in [0.4, 0.5) is 0 Å². The second-order valence-electron chi connectivity index (χ2n) is 7.96. The Morgan fingerprint density at radius 2 is 1.76 bits per heavy atom. The lowest BCUT2D eigenvalue weighted by atomic mass is 9.92. The first kappa shape index (κ1) is 18.1. The molecule has 0 spiro atoms. The molecule has 2 saturated heterocycles. The van der Waals surface area contributed by atoms with Crippen LogP contribution in [-0.4, -0.2) is 51.8 Å². The van der Waals surface area contributed by atoms with Gasteiger partial charge in [-0.3, -0.25) is 9.78 Å². The number of hydrogen-bond acceptors (Lipinski definition) is 4. The van der Waals surface area contributed by atoms with E-state index in [2.05, 4.69) is 10.3 Å². The monoisotopic (exact) mass is 387 g/mol. The highest BCUT2D eigenvalue weighted by molar-refractivity contribution is 5.99. The molecule has 0 unspecified atom stereocenters. The van der Waals surface area contributed by atoms with Crippen LogP contribution in [-0.2, 0) is 0 Å². The van der Waals surface area contributed by atoms with Crippen LogP contribution in [0.1, 0.15) is 23.2 Å². The predicted octanol–water partition coefficient (Wildman–Crippen LogP) is 3.01. The number of fused-ring (bicyclic) bond motifs is 1. The molecular weight excluding hydrogens is 362 g/mol.